The lowest BCUT2D eigenvalue weighted by atomic mass is 9.98. The molecule has 8 aromatic carbocycles. The average molecular weight is 604 g/mol. The number of anilines is 3. The number of fused-ring (bicyclic) bond motifs is 6. The van der Waals surface area contributed by atoms with E-state index in [9.17, 15) is 0 Å². The van der Waals surface area contributed by atoms with Crippen LogP contribution in [-0.2, 0) is 0 Å². The molecule has 0 unspecified atom stereocenters. The van der Waals surface area contributed by atoms with Crippen LogP contribution in [-0.4, -0.2) is 0 Å². The molecule has 0 bridgehead atoms. The summed E-state index contributed by atoms with van der Waals surface area (Å²) in [7, 11) is 0. The Morgan fingerprint density at radius 2 is 0.891 bits per heavy atom. The van der Waals surface area contributed by atoms with Gasteiger partial charge in [0, 0.05) is 37.2 Å². The maximum Gasteiger partial charge on any atom is 0.0468 e. The minimum absolute atomic E-state index is 1.13. The van der Waals surface area contributed by atoms with Crippen molar-refractivity contribution < 1.29 is 0 Å². The van der Waals surface area contributed by atoms with Gasteiger partial charge in [-0.05, 0) is 98.4 Å². The molecular weight excluding hydrogens is 575 g/mol. The van der Waals surface area contributed by atoms with Gasteiger partial charge < -0.3 is 4.90 Å². The van der Waals surface area contributed by atoms with Gasteiger partial charge in [0.1, 0.15) is 0 Å². The smallest absolute Gasteiger partial charge is 0.0468 e. The van der Waals surface area contributed by atoms with Crippen LogP contribution in [0.25, 0.3) is 64.0 Å². The lowest BCUT2D eigenvalue weighted by Crippen LogP contribution is -2.09. The van der Waals surface area contributed by atoms with Crippen molar-refractivity contribution in [2.24, 2.45) is 0 Å². The second-order valence-electron chi connectivity index (χ2n) is 11.8. The van der Waals surface area contributed by atoms with Crippen LogP contribution in [0.4, 0.5) is 17.1 Å². The molecule has 0 saturated heterocycles. The van der Waals surface area contributed by atoms with Crippen molar-refractivity contribution in [1.29, 1.82) is 0 Å². The third-order valence-electron chi connectivity index (χ3n) is 9.02. The second-order valence-corrected chi connectivity index (χ2v) is 12.9. The van der Waals surface area contributed by atoms with Crippen LogP contribution in [0, 0.1) is 0 Å². The normalized spacial score (nSPS) is 11.5. The van der Waals surface area contributed by atoms with E-state index in [-0.39, 0.29) is 0 Å². The van der Waals surface area contributed by atoms with E-state index in [1.54, 1.807) is 0 Å². The molecule has 0 fully saturated rings. The number of hydrogen-bond acceptors (Lipinski definition) is 2. The molecule has 9 rings (SSSR count). The van der Waals surface area contributed by atoms with E-state index in [0.29, 0.717) is 0 Å². The van der Waals surface area contributed by atoms with Crippen molar-refractivity contribution in [3.8, 4) is 22.3 Å². The Balaban J connectivity index is 1.18. The monoisotopic (exact) mass is 603 g/mol. The first kappa shape index (κ1) is 26.7. The molecule has 0 amide bonds. The molecule has 0 aliphatic heterocycles. The van der Waals surface area contributed by atoms with Crippen LogP contribution in [0.2, 0.25) is 0 Å². The SMILES string of the molecule is c1ccc(-c2ccc(-c3cccc(N(c4ccccc4)c4ccc5ccc6cc7sc8ccccc8c7cc6c5c4)c3)cc2)cc1. The summed E-state index contributed by atoms with van der Waals surface area (Å²) < 4.78 is 2.67. The molecule has 0 aliphatic carbocycles. The maximum atomic E-state index is 2.40. The van der Waals surface area contributed by atoms with Crippen molar-refractivity contribution >= 4 is 70.1 Å². The molecule has 0 spiro atoms. The van der Waals surface area contributed by atoms with E-state index in [4.69, 9.17) is 0 Å². The molecule has 0 N–H and O–H groups in total. The lowest BCUT2D eigenvalue weighted by molar-refractivity contribution is 1.29. The van der Waals surface area contributed by atoms with Crippen LogP contribution in [0.1, 0.15) is 0 Å². The average Bonchev–Trinajstić information content (AvgIpc) is 3.49. The highest BCUT2D eigenvalue weighted by molar-refractivity contribution is 7.25. The van der Waals surface area contributed by atoms with Crippen molar-refractivity contribution in [2.45, 2.75) is 0 Å². The largest absolute Gasteiger partial charge is 0.310 e. The van der Waals surface area contributed by atoms with Crippen molar-refractivity contribution in [2.75, 3.05) is 4.90 Å². The van der Waals surface area contributed by atoms with Crippen LogP contribution < -0.4 is 4.90 Å². The van der Waals surface area contributed by atoms with Gasteiger partial charge in [-0.1, -0.05) is 121 Å². The van der Waals surface area contributed by atoms with Crippen molar-refractivity contribution in [3.05, 3.63) is 176 Å². The molecule has 0 atom stereocenters. The number of thiophene rings is 1. The Hall–Kier alpha value is -5.70. The molecule has 0 saturated carbocycles. The highest BCUT2D eigenvalue weighted by atomic mass is 32.1. The molecule has 46 heavy (non-hydrogen) atoms. The molecule has 1 nitrogen and oxygen atoms in total. The van der Waals surface area contributed by atoms with Crippen LogP contribution in [0.5, 0.6) is 0 Å². The minimum Gasteiger partial charge on any atom is -0.310 e. The van der Waals surface area contributed by atoms with Gasteiger partial charge in [0.15, 0.2) is 0 Å². The third kappa shape index (κ3) is 4.63. The lowest BCUT2D eigenvalue weighted by Gasteiger charge is -2.26. The predicted molar refractivity (Wildman–Crippen MR) is 200 cm³/mol. The fourth-order valence-corrected chi connectivity index (χ4v) is 7.87. The molecule has 1 heterocycles. The molecular formula is C44H29NS. The summed E-state index contributed by atoms with van der Waals surface area (Å²) in [6.45, 7) is 0. The Morgan fingerprint density at radius 1 is 0.304 bits per heavy atom. The van der Waals surface area contributed by atoms with Gasteiger partial charge in [-0.3, -0.25) is 0 Å². The Labute approximate surface area is 272 Å². The Bertz CT molecular complexity index is 2510. The zero-order chi connectivity index (χ0) is 30.5. The number of rotatable bonds is 5. The summed E-state index contributed by atoms with van der Waals surface area (Å²) in [4.78, 5) is 2.37. The predicted octanol–water partition coefficient (Wildman–Crippen LogP) is 13.2. The molecule has 1 aromatic heterocycles. The van der Waals surface area contributed by atoms with Gasteiger partial charge >= 0.3 is 0 Å². The van der Waals surface area contributed by atoms with Crippen molar-refractivity contribution in [1.82, 2.24) is 0 Å². The fraction of sp³-hybridized carbons (Fsp3) is 0. The summed E-state index contributed by atoms with van der Waals surface area (Å²) in [6, 6.07) is 63.9. The highest BCUT2D eigenvalue weighted by Gasteiger charge is 2.15. The standard InChI is InChI=1S/C44H29NS/c1-3-10-30(11-4-1)31-18-20-32(21-19-31)34-12-9-15-37(26-34)45(36-13-5-2-6-14-36)38-25-24-33-22-23-35-27-44-42(29-41(35)40(33)28-38)39-16-7-8-17-43(39)46-44/h1-29H. The molecule has 0 aliphatic rings. The summed E-state index contributed by atoms with van der Waals surface area (Å²) >= 11 is 1.88. The van der Waals surface area contributed by atoms with E-state index in [2.05, 4.69) is 181 Å². The topological polar surface area (TPSA) is 3.24 Å². The van der Waals surface area contributed by atoms with Gasteiger partial charge in [0.05, 0.1) is 0 Å². The van der Waals surface area contributed by atoms with Gasteiger partial charge in [0.25, 0.3) is 0 Å². The Kier molecular flexibility index (Phi) is 6.40. The van der Waals surface area contributed by atoms with E-state index in [1.165, 1.54) is 64.0 Å². The zero-order valence-electron chi connectivity index (χ0n) is 25.1. The number of benzene rings is 8. The van der Waals surface area contributed by atoms with Crippen molar-refractivity contribution in [3.63, 3.8) is 0 Å². The van der Waals surface area contributed by atoms with Crippen LogP contribution >= 0.6 is 11.3 Å². The fourth-order valence-electron chi connectivity index (χ4n) is 6.73. The summed E-state index contributed by atoms with van der Waals surface area (Å²) in [5, 5.41) is 7.73. The first-order chi connectivity index (χ1) is 22.8. The van der Waals surface area contributed by atoms with E-state index in [1.807, 2.05) is 11.3 Å². The van der Waals surface area contributed by atoms with Crippen LogP contribution in [0.15, 0.2) is 176 Å². The second kappa shape index (κ2) is 11.0. The molecule has 9 aromatic rings. The summed E-state index contributed by atoms with van der Waals surface area (Å²) in [5.41, 5.74) is 8.24. The summed E-state index contributed by atoms with van der Waals surface area (Å²) in [6.07, 6.45) is 0. The van der Waals surface area contributed by atoms with Gasteiger partial charge in [0.2, 0.25) is 0 Å². The van der Waals surface area contributed by atoms with E-state index < -0.39 is 0 Å². The summed E-state index contributed by atoms with van der Waals surface area (Å²) in [5.74, 6) is 0. The maximum absolute atomic E-state index is 2.40. The van der Waals surface area contributed by atoms with Crippen LogP contribution in [0.3, 0.4) is 0 Å². The molecule has 216 valence electrons. The highest BCUT2D eigenvalue weighted by Crippen LogP contribution is 2.41. The van der Waals surface area contributed by atoms with E-state index in [0.717, 1.165) is 17.1 Å². The molecule has 2 heteroatoms. The Morgan fingerprint density at radius 3 is 1.72 bits per heavy atom. The number of hydrogen-bond donors (Lipinski definition) is 0. The van der Waals surface area contributed by atoms with Gasteiger partial charge in [-0.15, -0.1) is 11.3 Å². The van der Waals surface area contributed by atoms with Gasteiger partial charge in [-0.2, -0.15) is 0 Å². The minimum atomic E-state index is 1.13. The number of nitrogens with zero attached hydrogens (tertiary/aromatic N) is 1. The number of para-hydroxylation sites is 1. The van der Waals surface area contributed by atoms with E-state index >= 15 is 0 Å². The molecule has 0 radical (unpaired) electrons. The van der Waals surface area contributed by atoms with Gasteiger partial charge in [-0.25, -0.2) is 0 Å². The zero-order valence-corrected chi connectivity index (χ0v) is 25.9. The first-order valence-corrected chi connectivity index (χ1v) is 16.5. The quantitative estimate of drug-likeness (QED) is 0.177. The first-order valence-electron chi connectivity index (χ1n) is 15.7. The third-order valence-corrected chi connectivity index (χ3v) is 10.2.